The molecule has 0 radical (unpaired) electrons. The summed E-state index contributed by atoms with van der Waals surface area (Å²) in [5.41, 5.74) is 3.68. The molecule has 3 aromatic rings. The van der Waals surface area contributed by atoms with Gasteiger partial charge in [0.05, 0.1) is 12.8 Å². The van der Waals surface area contributed by atoms with Gasteiger partial charge in [-0.2, -0.15) is 0 Å². The summed E-state index contributed by atoms with van der Waals surface area (Å²) in [6.45, 7) is 0.672. The van der Waals surface area contributed by atoms with Crippen molar-refractivity contribution in [2.45, 2.75) is 32.1 Å². The van der Waals surface area contributed by atoms with Gasteiger partial charge in [0.1, 0.15) is 0 Å². The molecule has 1 N–H and O–H groups in total. The number of nitrogens with one attached hydrogen (secondary N) is 1. The number of ether oxygens (including phenoxy) is 2. The number of rotatable bonds is 8. The highest BCUT2D eigenvalue weighted by atomic mass is 16.5. The lowest BCUT2D eigenvalue weighted by Gasteiger charge is -2.13. The highest BCUT2D eigenvalue weighted by Gasteiger charge is 2.10. The predicted octanol–water partition coefficient (Wildman–Crippen LogP) is 5.56. The summed E-state index contributed by atoms with van der Waals surface area (Å²) >= 11 is 0. The van der Waals surface area contributed by atoms with E-state index in [1.807, 2.05) is 54.6 Å². The molecule has 4 rings (SSSR count). The Balaban J connectivity index is 1.34. The van der Waals surface area contributed by atoms with Crippen LogP contribution in [0, 0.1) is 0 Å². The van der Waals surface area contributed by atoms with Crippen LogP contribution in [0.15, 0.2) is 72.3 Å². The molecular formula is C26H27N3O3. The summed E-state index contributed by atoms with van der Waals surface area (Å²) in [6, 6.07) is 18.3. The van der Waals surface area contributed by atoms with Crippen molar-refractivity contribution in [2.75, 3.05) is 13.7 Å². The summed E-state index contributed by atoms with van der Waals surface area (Å²) in [5.74, 6) is 1.52. The number of hydrogen-bond acceptors (Lipinski definition) is 5. The number of benzene rings is 2. The smallest absolute Gasteiger partial charge is 0.251 e. The number of carbonyl (C=O) groups excluding carboxylic acids is 1. The van der Waals surface area contributed by atoms with E-state index in [0.29, 0.717) is 35.2 Å². The van der Waals surface area contributed by atoms with Crippen molar-refractivity contribution >= 4 is 5.91 Å². The average Bonchev–Trinajstić information content (AvgIpc) is 2.85. The first kappa shape index (κ1) is 21.6. The van der Waals surface area contributed by atoms with Crippen molar-refractivity contribution in [3.63, 3.8) is 0 Å². The molecule has 6 heteroatoms. The lowest BCUT2D eigenvalue weighted by Crippen LogP contribution is -2.24. The van der Waals surface area contributed by atoms with E-state index < -0.39 is 0 Å². The molecule has 2 aromatic carbocycles. The fourth-order valence-electron chi connectivity index (χ4n) is 3.71. The molecule has 0 bridgehead atoms. The highest BCUT2D eigenvalue weighted by Crippen LogP contribution is 2.30. The number of carbonyl (C=O) groups is 1. The molecule has 0 fully saturated rings. The van der Waals surface area contributed by atoms with Gasteiger partial charge in [-0.05, 0) is 62.4 Å². The zero-order chi connectivity index (χ0) is 22.2. The van der Waals surface area contributed by atoms with E-state index in [2.05, 4.69) is 21.6 Å². The van der Waals surface area contributed by atoms with Gasteiger partial charge in [-0.3, -0.25) is 4.79 Å². The molecule has 0 atom stereocenters. The summed E-state index contributed by atoms with van der Waals surface area (Å²) < 4.78 is 11.1. The van der Waals surface area contributed by atoms with E-state index >= 15 is 0 Å². The van der Waals surface area contributed by atoms with Gasteiger partial charge in [-0.1, -0.05) is 35.9 Å². The Morgan fingerprint density at radius 1 is 0.969 bits per heavy atom. The van der Waals surface area contributed by atoms with Crippen LogP contribution >= 0.6 is 0 Å². The van der Waals surface area contributed by atoms with Gasteiger partial charge in [0.2, 0.25) is 5.88 Å². The van der Waals surface area contributed by atoms with Gasteiger partial charge < -0.3 is 14.8 Å². The van der Waals surface area contributed by atoms with Crippen LogP contribution in [0.1, 0.15) is 42.5 Å². The third kappa shape index (κ3) is 5.52. The van der Waals surface area contributed by atoms with E-state index in [9.17, 15) is 4.79 Å². The van der Waals surface area contributed by atoms with E-state index in [1.54, 1.807) is 13.2 Å². The second-order valence-corrected chi connectivity index (χ2v) is 7.70. The Labute approximate surface area is 188 Å². The fraction of sp³-hybridized carbons (Fsp3) is 0.269. The summed E-state index contributed by atoms with van der Waals surface area (Å²) in [7, 11) is 1.59. The molecule has 0 spiro atoms. The molecule has 1 aromatic heterocycles. The summed E-state index contributed by atoms with van der Waals surface area (Å²) in [5, 5.41) is 11.4. The largest absolute Gasteiger partial charge is 0.493 e. The quantitative estimate of drug-likeness (QED) is 0.474. The zero-order valence-corrected chi connectivity index (χ0v) is 18.2. The topological polar surface area (TPSA) is 73.3 Å². The Bertz CT molecular complexity index is 1080. The van der Waals surface area contributed by atoms with Gasteiger partial charge in [0.15, 0.2) is 11.5 Å². The third-order valence-electron chi connectivity index (χ3n) is 5.48. The van der Waals surface area contributed by atoms with Crippen LogP contribution in [0.4, 0.5) is 0 Å². The number of aromatic nitrogens is 2. The van der Waals surface area contributed by atoms with Crippen molar-refractivity contribution in [3.05, 3.63) is 77.9 Å². The lowest BCUT2D eigenvalue weighted by atomic mass is 9.97. The van der Waals surface area contributed by atoms with Gasteiger partial charge >= 0.3 is 0 Å². The second-order valence-electron chi connectivity index (χ2n) is 7.70. The Kier molecular flexibility index (Phi) is 7.12. The number of nitrogens with zero attached hydrogens (tertiary/aromatic N) is 2. The van der Waals surface area contributed by atoms with Crippen LogP contribution in [-0.4, -0.2) is 29.8 Å². The minimum absolute atomic E-state index is 0.0559. The molecule has 1 aliphatic carbocycles. The molecule has 1 aliphatic rings. The molecule has 164 valence electrons. The first-order chi connectivity index (χ1) is 15.7. The standard InChI is InChI=1S/C26H27N3O3/c1-31-23-9-5-6-10-24(23)32-25-16-15-22(28-29-25)20-11-13-21(14-12-20)26(30)27-18-17-19-7-3-2-4-8-19/h5-7,9-16H,2-4,8,17-18H2,1H3,(H,27,30). The molecule has 6 nitrogen and oxygen atoms in total. The molecule has 1 heterocycles. The van der Waals surface area contributed by atoms with Crippen LogP contribution < -0.4 is 14.8 Å². The Morgan fingerprint density at radius 2 is 1.78 bits per heavy atom. The van der Waals surface area contributed by atoms with Crippen molar-refractivity contribution in [1.82, 2.24) is 15.5 Å². The minimum Gasteiger partial charge on any atom is -0.493 e. The molecule has 1 amide bonds. The number of amides is 1. The minimum atomic E-state index is -0.0559. The summed E-state index contributed by atoms with van der Waals surface area (Å²) in [4.78, 5) is 12.4. The van der Waals surface area contributed by atoms with E-state index in [-0.39, 0.29) is 5.91 Å². The predicted molar refractivity (Wildman–Crippen MR) is 124 cm³/mol. The molecule has 0 saturated carbocycles. The van der Waals surface area contributed by atoms with Crippen molar-refractivity contribution in [3.8, 4) is 28.6 Å². The van der Waals surface area contributed by atoms with Crippen LogP contribution in [0.2, 0.25) is 0 Å². The normalized spacial score (nSPS) is 13.2. The monoisotopic (exact) mass is 429 g/mol. The number of hydrogen-bond donors (Lipinski definition) is 1. The molecular weight excluding hydrogens is 402 g/mol. The van der Waals surface area contributed by atoms with Gasteiger partial charge in [-0.25, -0.2) is 0 Å². The second kappa shape index (κ2) is 10.6. The Morgan fingerprint density at radius 3 is 2.47 bits per heavy atom. The molecule has 0 saturated heterocycles. The van der Waals surface area contributed by atoms with Crippen molar-refractivity contribution < 1.29 is 14.3 Å². The SMILES string of the molecule is COc1ccccc1Oc1ccc(-c2ccc(C(=O)NCCC3=CCCCC3)cc2)nn1. The maximum absolute atomic E-state index is 12.4. The van der Waals surface area contributed by atoms with Crippen LogP contribution in [-0.2, 0) is 0 Å². The van der Waals surface area contributed by atoms with E-state index in [4.69, 9.17) is 9.47 Å². The molecule has 0 unspecified atom stereocenters. The average molecular weight is 430 g/mol. The maximum Gasteiger partial charge on any atom is 0.251 e. The number of allylic oxidation sites excluding steroid dienone is 1. The maximum atomic E-state index is 12.4. The number of methoxy groups -OCH3 is 1. The summed E-state index contributed by atoms with van der Waals surface area (Å²) in [6.07, 6.45) is 8.12. The van der Waals surface area contributed by atoms with Gasteiger partial charge in [-0.15, -0.1) is 10.2 Å². The van der Waals surface area contributed by atoms with Gasteiger partial charge in [0, 0.05) is 23.7 Å². The third-order valence-corrected chi connectivity index (χ3v) is 5.48. The lowest BCUT2D eigenvalue weighted by molar-refractivity contribution is 0.0954. The Hall–Kier alpha value is -3.67. The zero-order valence-electron chi connectivity index (χ0n) is 18.2. The van der Waals surface area contributed by atoms with Crippen molar-refractivity contribution in [2.24, 2.45) is 0 Å². The van der Waals surface area contributed by atoms with Crippen LogP contribution in [0.5, 0.6) is 17.4 Å². The van der Waals surface area contributed by atoms with Crippen molar-refractivity contribution in [1.29, 1.82) is 0 Å². The van der Waals surface area contributed by atoms with Crippen LogP contribution in [0.3, 0.4) is 0 Å². The first-order valence-corrected chi connectivity index (χ1v) is 10.9. The number of para-hydroxylation sites is 2. The highest BCUT2D eigenvalue weighted by molar-refractivity contribution is 5.94. The first-order valence-electron chi connectivity index (χ1n) is 10.9. The molecule has 0 aliphatic heterocycles. The van der Waals surface area contributed by atoms with E-state index in [1.165, 1.54) is 24.8 Å². The van der Waals surface area contributed by atoms with Gasteiger partial charge in [0.25, 0.3) is 5.91 Å². The fourth-order valence-corrected chi connectivity index (χ4v) is 3.71. The van der Waals surface area contributed by atoms with Crippen LogP contribution in [0.25, 0.3) is 11.3 Å². The van der Waals surface area contributed by atoms with E-state index in [0.717, 1.165) is 18.4 Å². The molecule has 32 heavy (non-hydrogen) atoms.